The number of urea groups is 1. The van der Waals surface area contributed by atoms with Gasteiger partial charge in [-0.15, -0.1) is 0 Å². The summed E-state index contributed by atoms with van der Waals surface area (Å²) in [6.07, 6.45) is 5.36. The fourth-order valence-electron chi connectivity index (χ4n) is 3.63. The summed E-state index contributed by atoms with van der Waals surface area (Å²) in [5.74, 6) is 2.22. The number of nitrogens with zero attached hydrogens (tertiary/aromatic N) is 3. The minimum absolute atomic E-state index is 0.146. The summed E-state index contributed by atoms with van der Waals surface area (Å²) in [5.41, 5.74) is 2.20. The number of hydrogen-bond donors (Lipinski definition) is 4. The van der Waals surface area contributed by atoms with Gasteiger partial charge < -0.3 is 25.4 Å². The van der Waals surface area contributed by atoms with Crippen LogP contribution >= 0.6 is 0 Å². The van der Waals surface area contributed by atoms with Gasteiger partial charge in [-0.3, -0.25) is 10.1 Å². The minimum atomic E-state index is -0.554. The molecular formula is C22H23N7O4. The van der Waals surface area contributed by atoms with Gasteiger partial charge in [-0.05, 0) is 25.0 Å². The van der Waals surface area contributed by atoms with Gasteiger partial charge in [-0.25, -0.2) is 9.78 Å². The third-order valence-electron chi connectivity index (χ3n) is 5.39. The lowest BCUT2D eigenvalue weighted by Gasteiger charge is -2.14. The molecule has 1 saturated heterocycles. The monoisotopic (exact) mass is 449 g/mol. The van der Waals surface area contributed by atoms with Gasteiger partial charge in [0.05, 0.1) is 20.4 Å². The summed E-state index contributed by atoms with van der Waals surface area (Å²) in [4.78, 5) is 28.1. The van der Waals surface area contributed by atoms with E-state index in [1.54, 1.807) is 31.0 Å². The van der Waals surface area contributed by atoms with Gasteiger partial charge in [0, 0.05) is 29.8 Å². The van der Waals surface area contributed by atoms with Crippen LogP contribution in [0.25, 0.3) is 11.7 Å². The smallest absolute Gasteiger partial charge is 0.326 e. The van der Waals surface area contributed by atoms with Crippen molar-refractivity contribution in [3.8, 4) is 11.5 Å². The van der Waals surface area contributed by atoms with Gasteiger partial charge in [0.1, 0.15) is 17.3 Å². The highest BCUT2D eigenvalue weighted by Crippen LogP contribution is 2.32. The third-order valence-corrected chi connectivity index (χ3v) is 5.39. The summed E-state index contributed by atoms with van der Waals surface area (Å²) in [5, 5.41) is 15.9. The molecule has 2 aromatic heterocycles. The van der Waals surface area contributed by atoms with E-state index in [2.05, 4.69) is 26.4 Å². The predicted octanol–water partition coefficient (Wildman–Crippen LogP) is 2.11. The average molecular weight is 449 g/mol. The van der Waals surface area contributed by atoms with E-state index in [0.29, 0.717) is 41.1 Å². The Kier molecular flexibility index (Phi) is 5.21. The van der Waals surface area contributed by atoms with Crippen molar-refractivity contribution in [2.45, 2.75) is 25.4 Å². The van der Waals surface area contributed by atoms with Crippen molar-refractivity contribution >= 4 is 35.3 Å². The van der Waals surface area contributed by atoms with Crippen LogP contribution in [0.2, 0.25) is 0 Å². The molecule has 1 aliphatic heterocycles. The molecule has 0 radical (unpaired) electrons. The van der Waals surface area contributed by atoms with Crippen LogP contribution in [0.5, 0.6) is 11.5 Å². The maximum Gasteiger partial charge on any atom is 0.326 e. The number of fused-ring (bicyclic) bond motifs is 1. The van der Waals surface area contributed by atoms with Gasteiger partial charge >= 0.3 is 6.03 Å². The van der Waals surface area contributed by atoms with Crippen molar-refractivity contribution in [1.29, 1.82) is 0 Å². The van der Waals surface area contributed by atoms with E-state index in [1.165, 1.54) is 0 Å². The second kappa shape index (κ2) is 8.34. The first kappa shape index (κ1) is 20.6. The van der Waals surface area contributed by atoms with Crippen LogP contribution in [0.1, 0.15) is 24.0 Å². The molecule has 0 bridgehead atoms. The number of nitrogens with one attached hydrogen (secondary N) is 4. The van der Waals surface area contributed by atoms with Crippen molar-refractivity contribution < 1.29 is 19.1 Å². The van der Waals surface area contributed by atoms with E-state index in [1.807, 2.05) is 24.3 Å². The molecule has 0 unspecified atom stereocenters. The molecular weight excluding hydrogens is 426 g/mol. The van der Waals surface area contributed by atoms with Crippen molar-refractivity contribution in [2.24, 2.45) is 0 Å². The van der Waals surface area contributed by atoms with Crippen molar-refractivity contribution in [1.82, 2.24) is 25.2 Å². The number of ether oxygens (including phenoxy) is 2. The zero-order valence-electron chi connectivity index (χ0n) is 18.1. The Morgan fingerprint density at radius 1 is 1.21 bits per heavy atom. The number of methoxy groups -OCH3 is 2. The quantitative estimate of drug-likeness (QED) is 0.304. The minimum Gasteiger partial charge on any atom is -0.493 e. The molecule has 0 atom stereocenters. The molecule has 1 saturated carbocycles. The molecule has 0 spiro atoms. The SMILES string of the molecule is COc1cccc(CNc2cc(NC3CC3)n3ncc(/C=C4\NC(=O)NC4=O)c3n2)c1OC. The van der Waals surface area contributed by atoms with Crippen LogP contribution in [0.4, 0.5) is 16.4 Å². The lowest BCUT2D eigenvalue weighted by atomic mass is 10.2. The zero-order chi connectivity index (χ0) is 22.9. The number of para-hydroxylation sites is 1. The van der Waals surface area contributed by atoms with Crippen LogP contribution in [0.3, 0.4) is 0 Å². The summed E-state index contributed by atoms with van der Waals surface area (Å²) >= 11 is 0. The molecule has 3 amide bonds. The van der Waals surface area contributed by atoms with E-state index >= 15 is 0 Å². The molecule has 33 heavy (non-hydrogen) atoms. The van der Waals surface area contributed by atoms with E-state index < -0.39 is 11.9 Å². The van der Waals surface area contributed by atoms with Crippen molar-refractivity contribution in [3.63, 3.8) is 0 Å². The second-order valence-electron chi connectivity index (χ2n) is 7.75. The maximum absolute atomic E-state index is 11.9. The zero-order valence-corrected chi connectivity index (χ0v) is 18.1. The third kappa shape index (κ3) is 4.12. The summed E-state index contributed by atoms with van der Waals surface area (Å²) in [6, 6.07) is 7.43. The maximum atomic E-state index is 11.9. The number of anilines is 2. The summed E-state index contributed by atoms with van der Waals surface area (Å²) in [7, 11) is 3.20. The predicted molar refractivity (Wildman–Crippen MR) is 121 cm³/mol. The molecule has 4 N–H and O–H groups in total. The Labute approximate surface area is 189 Å². The normalized spacial score (nSPS) is 16.6. The Balaban J connectivity index is 1.49. The van der Waals surface area contributed by atoms with Crippen LogP contribution in [-0.2, 0) is 11.3 Å². The van der Waals surface area contributed by atoms with Gasteiger partial charge in [0.25, 0.3) is 5.91 Å². The molecule has 11 nitrogen and oxygen atoms in total. The van der Waals surface area contributed by atoms with Gasteiger partial charge in [0.2, 0.25) is 0 Å². The largest absolute Gasteiger partial charge is 0.493 e. The lowest BCUT2D eigenvalue weighted by molar-refractivity contribution is -0.115. The lowest BCUT2D eigenvalue weighted by Crippen LogP contribution is -2.22. The van der Waals surface area contributed by atoms with Gasteiger partial charge in [-0.1, -0.05) is 12.1 Å². The molecule has 1 aromatic carbocycles. The molecule has 2 fully saturated rings. The van der Waals surface area contributed by atoms with Crippen LogP contribution < -0.4 is 30.7 Å². The highest BCUT2D eigenvalue weighted by Gasteiger charge is 2.25. The van der Waals surface area contributed by atoms with Crippen molar-refractivity contribution in [3.05, 3.63) is 47.3 Å². The van der Waals surface area contributed by atoms with E-state index in [-0.39, 0.29) is 5.70 Å². The Hall–Kier alpha value is -4.28. The van der Waals surface area contributed by atoms with Gasteiger partial charge in [0.15, 0.2) is 17.1 Å². The van der Waals surface area contributed by atoms with Crippen LogP contribution in [0, 0.1) is 0 Å². The molecule has 11 heteroatoms. The van der Waals surface area contributed by atoms with Crippen LogP contribution in [0.15, 0.2) is 36.2 Å². The standard InChI is InChI=1S/C22H23N7O4/c1-32-16-5-3-4-12(19(16)33-2)10-23-17-9-18(25-14-6-7-14)29-20(27-17)13(11-24-29)8-15-21(30)28-22(31)26-15/h3-5,8-9,11,14,25H,6-7,10H2,1-2H3,(H,23,27)(H2,26,28,30,31)/b15-8-. The number of aromatic nitrogens is 3. The highest BCUT2D eigenvalue weighted by molar-refractivity contribution is 6.14. The first-order valence-corrected chi connectivity index (χ1v) is 10.5. The Bertz CT molecular complexity index is 1280. The molecule has 3 aromatic rings. The molecule has 2 aliphatic rings. The fourth-order valence-corrected chi connectivity index (χ4v) is 3.63. The molecule has 5 rings (SSSR count). The van der Waals surface area contributed by atoms with E-state index in [0.717, 1.165) is 24.2 Å². The fraction of sp³-hybridized carbons (Fsp3) is 0.273. The van der Waals surface area contributed by atoms with Gasteiger partial charge in [-0.2, -0.15) is 9.61 Å². The average Bonchev–Trinajstić information content (AvgIpc) is 3.45. The molecule has 3 heterocycles. The molecule has 1 aliphatic carbocycles. The van der Waals surface area contributed by atoms with E-state index in [9.17, 15) is 9.59 Å². The summed E-state index contributed by atoms with van der Waals surface area (Å²) in [6.45, 7) is 0.454. The molecule has 170 valence electrons. The second-order valence-corrected chi connectivity index (χ2v) is 7.75. The highest BCUT2D eigenvalue weighted by atomic mass is 16.5. The number of benzene rings is 1. The first-order valence-electron chi connectivity index (χ1n) is 10.5. The Morgan fingerprint density at radius 3 is 2.76 bits per heavy atom. The number of imide groups is 1. The Morgan fingerprint density at radius 2 is 2.06 bits per heavy atom. The van der Waals surface area contributed by atoms with Crippen molar-refractivity contribution in [2.75, 3.05) is 24.9 Å². The van der Waals surface area contributed by atoms with Crippen LogP contribution in [-0.4, -0.2) is 46.8 Å². The summed E-state index contributed by atoms with van der Waals surface area (Å²) < 4.78 is 12.6. The number of carbonyl (C=O) groups is 2. The topological polar surface area (TPSA) is 131 Å². The number of carbonyl (C=O) groups excluding carboxylic acids is 2. The number of rotatable bonds is 8. The number of amides is 3. The number of hydrogen-bond acceptors (Lipinski definition) is 8. The van der Waals surface area contributed by atoms with E-state index in [4.69, 9.17) is 14.5 Å². The first-order chi connectivity index (χ1) is 16.1.